The van der Waals surface area contributed by atoms with Crippen LogP contribution >= 0.6 is 0 Å². The standard InChI is InChI=1S/C14H21N5O3/c1-4-6-19-9-11(10(2)17-19)14(20)15-8-12-16-13(22-18-12)5-7-21-3/h9H,4-8H2,1-3H3,(H,15,20). The zero-order valence-corrected chi connectivity index (χ0v) is 13.1. The van der Waals surface area contributed by atoms with Crippen LogP contribution in [0.3, 0.4) is 0 Å². The maximum Gasteiger partial charge on any atom is 0.255 e. The third-order valence-electron chi connectivity index (χ3n) is 3.08. The lowest BCUT2D eigenvalue weighted by Gasteiger charge is -2.00. The number of nitrogens with one attached hydrogen (secondary N) is 1. The van der Waals surface area contributed by atoms with E-state index in [4.69, 9.17) is 9.26 Å². The van der Waals surface area contributed by atoms with Crippen molar-refractivity contribution in [3.63, 3.8) is 0 Å². The molecule has 0 saturated heterocycles. The number of nitrogens with zero attached hydrogens (tertiary/aromatic N) is 4. The van der Waals surface area contributed by atoms with Gasteiger partial charge >= 0.3 is 0 Å². The number of hydrogen-bond acceptors (Lipinski definition) is 6. The van der Waals surface area contributed by atoms with E-state index in [1.165, 1.54) is 0 Å². The summed E-state index contributed by atoms with van der Waals surface area (Å²) >= 11 is 0. The van der Waals surface area contributed by atoms with Gasteiger partial charge in [-0.1, -0.05) is 12.1 Å². The number of ether oxygens (including phenoxy) is 1. The van der Waals surface area contributed by atoms with Crippen LogP contribution in [0.4, 0.5) is 0 Å². The predicted molar refractivity (Wildman–Crippen MR) is 78.3 cm³/mol. The number of rotatable bonds is 8. The van der Waals surface area contributed by atoms with E-state index in [9.17, 15) is 4.79 Å². The van der Waals surface area contributed by atoms with Crippen LogP contribution in [-0.2, 0) is 24.2 Å². The van der Waals surface area contributed by atoms with Crippen molar-refractivity contribution in [2.75, 3.05) is 13.7 Å². The van der Waals surface area contributed by atoms with E-state index in [1.54, 1.807) is 18.0 Å². The topological polar surface area (TPSA) is 95.1 Å². The van der Waals surface area contributed by atoms with E-state index in [2.05, 4.69) is 27.5 Å². The molecule has 1 amide bonds. The van der Waals surface area contributed by atoms with Gasteiger partial charge in [-0.25, -0.2) is 0 Å². The van der Waals surface area contributed by atoms with Gasteiger partial charge in [-0.3, -0.25) is 9.48 Å². The lowest BCUT2D eigenvalue weighted by atomic mass is 10.2. The second-order valence-corrected chi connectivity index (χ2v) is 4.92. The molecule has 0 aliphatic heterocycles. The summed E-state index contributed by atoms with van der Waals surface area (Å²) in [5, 5.41) is 10.9. The van der Waals surface area contributed by atoms with Gasteiger partial charge in [0.25, 0.3) is 5.91 Å². The van der Waals surface area contributed by atoms with Crippen molar-refractivity contribution in [1.82, 2.24) is 25.2 Å². The molecule has 120 valence electrons. The molecule has 8 nitrogen and oxygen atoms in total. The van der Waals surface area contributed by atoms with E-state index in [0.29, 0.717) is 36.0 Å². The SMILES string of the molecule is CCCn1cc(C(=O)NCc2noc(CCOC)n2)c(C)n1. The number of carbonyl (C=O) groups excluding carboxylic acids is 1. The molecule has 2 aromatic rings. The van der Waals surface area contributed by atoms with Crippen LogP contribution in [0.2, 0.25) is 0 Å². The minimum Gasteiger partial charge on any atom is -0.384 e. The Morgan fingerprint density at radius 2 is 2.32 bits per heavy atom. The van der Waals surface area contributed by atoms with Crippen molar-refractivity contribution in [3.05, 3.63) is 29.2 Å². The number of aromatic nitrogens is 4. The Bertz CT molecular complexity index is 620. The van der Waals surface area contributed by atoms with Crippen LogP contribution in [0.25, 0.3) is 0 Å². The molecule has 0 saturated carbocycles. The number of methoxy groups -OCH3 is 1. The van der Waals surface area contributed by atoms with Crippen LogP contribution in [0.5, 0.6) is 0 Å². The second kappa shape index (κ2) is 7.69. The molecule has 2 rings (SSSR count). The van der Waals surface area contributed by atoms with E-state index in [0.717, 1.165) is 13.0 Å². The molecule has 0 aliphatic carbocycles. The molecule has 0 unspecified atom stereocenters. The van der Waals surface area contributed by atoms with Gasteiger partial charge in [-0.05, 0) is 13.3 Å². The average Bonchev–Trinajstić information content (AvgIpc) is 3.10. The Kier molecular flexibility index (Phi) is 5.65. The molecule has 0 atom stereocenters. The summed E-state index contributed by atoms with van der Waals surface area (Å²) in [6.07, 6.45) is 3.28. The van der Waals surface area contributed by atoms with E-state index in [1.807, 2.05) is 6.92 Å². The van der Waals surface area contributed by atoms with Crippen LogP contribution < -0.4 is 5.32 Å². The summed E-state index contributed by atoms with van der Waals surface area (Å²) in [6.45, 7) is 5.41. The van der Waals surface area contributed by atoms with E-state index < -0.39 is 0 Å². The summed E-state index contributed by atoms with van der Waals surface area (Å²) in [6, 6.07) is 0. The summed E-state index contributed by atoms with van der Waals surface area (Å²) in [5.74, 6) is 0.749. The van der Waals surface area contributed by atoms with Gasteiger partial charge in [0.2, 0.25) is 5.89 Å². The van der Waals surface area contributed by atoms with Gasteiger partial charge in [0.1, 0.15) is 0 Å². The lowest BCUT2D eigenvalue weighted by Crippen LogP contribution is -2.23. The molecule has 0 aliphatic rings. The van der Waals surface area contributed by atoms with Gasteiger partial charge < -0.3 is 14.6 Å². The number of aryl methyl sites for hydroxylation is 2. The third-order valence-corrected chi connectivity index (χ3v) is 3.08. The van der Waals surface area contributed by atoms with E-state index >= 15 is 0 Å². The molecular weight excluding hydrogens is 286 g/mol. The lowest BCUT2D eigenvalue weighted by molar-refractivity contribution is 0.0949. The highest BCUT2D eigenvalue weighted by Gasteiger charge is 2.14. The van der Waals surface area contributed by atoms with Crippen LogP contribution in [0.1, 0.15) is 41.1 Å². The predicted octanol–water partition coefficient (Wildman–Crippen LogP) is 1.10. The first kappa shape index (κ1) is 16.2. The Balaban J connectivity index is 1.90. The molecule has 8 heteroatoms. The van der Waals surface area contributed by atoms with Crippen molar-refractivity contribution < 1.29 is 14.1 Å². The first-order chi connectivity index (χ1) is 10.6. The molecule has 0 spiro atoms. The number of amides is 1. The van der Waals surface area contributed by atoms with Crippen LogP contribution in [0.15, 0.2) is 10.7 Å². The molecule has 0 aromatic carbocycles. The minimum atomic E-state index is -0.192. The quantitative estimate of drug-likeness (QED) is 0.785. The molecule has 0 bridgehead atoms. The molecular formula is C14H21N5O3. The van der Waals surface area contributed by atoms with Gasteiger partial charge in [0, 0.05) is 19.9 Å². The largest absolute Gasteiger partial charge is 0.384 e. The normalized spacial score (nSPS) is 10.9. The van der Waals surface area contributed by atoms with E-state index in [-0.39, 0.29) is 12.5 Å². The monoisotopic (exact) mass is 307 g/mol. The van der Waals surface area contributed by atoms with Gasteiger partial charge in [-0.2, -0.15) is 10.1 Å². The first-order valence-corrected chi connectivity index (χ1v) is 7.26. The molecule has 1 N–H and O–H groups in total. The zero-order valence-electron chi connectivity index (χ0n) is 13.1. The average molecular weight is 307 g/mol. The van der Waals surface area contributed by atoms with Crippen LogP contribution in [-0.4, -0.2) is 39.5 Å². The summed E-state index contributed by atoms with van der Waals surface area (Å²) in [7, 11) is 1.61. The van der Waals surface area contributed by atoms with Crippen LogP contribution in [0, 0.1) is 6.92 Å². The highest BCUT2D eigenvalue weighted by molar-refractivity contribution is 5.94. The number of carbonyl (C=O) groups is 1. The fraction of sp³-hybridized carbons (Fsp3) is 0.571. The Labute approximate surface area is 128 Å². The van der Waals surface area contributed by atoms with Gasteiger partial charge in [0.15, 0.2) is 5.82 Å². The molecule has 2 heterocycles. The fourth-order valence-electron chi connectivity index (χ4n) is 1.99. The van der Waals surface area contributed by atoms with Crippen molar-refractivity contribution in [3.8, 4) is 0 Å². The van der Waals surface area contributed by atoms with Crippen molar-refractivity contribution in [2.45, 2.75) is 39.8 Å². The smallest absolute Gasteiger partial charge is 0.255 e. The second-order valence-electron chi connectivity index (χ2n) is 4.92. The summed E-state index contributed by atoms with van der Waals surface area (Å²) in [4.78, 5) is 16.3. The first-order valence-electron chi connectivity index (χ1n) is 7.26. The third kappa shape index (κ3) is 4.14. The fourth-order valence-corrected chi connectivity index (χ4v) is 1.99. The molecule has 0 fully saturated rings. The zero-order chi connectivity index (χ0) is 15.9. The molecule has 22 heavy (non-hydrogen) atoms. The highest BCUT2D eigenvalue weighted by atomic mass is 16.5. The van der Waals surface area contributed by atoms with Crippen molar-refractivity contribution in [2.24, 2.45) is 0 Å². The molecule has 0 radical (unpaired) electrons. The minimum absolute atomic E-state index is 0.192. The maximum atomic E-state index is 12.2. The highest BCUT2D eigenvalue weighted by Crippen LogP contribution is 2.07. The summed E-state index contributed by atoms with van der Waals surface area (Å²) in [5.41, 5.74) is 1.27. The van der Waals surface area contributed by atoms with Crippen molar-refractivity contribution in [1.29, 1.82) is 0 Å². The van der Waals surface area contributed by atoms with Gasteiger partial charge in [0.05, 0.1) is 30.8 Å². The van der Waals surface area contributed by atoms with Crippen molar-refractivity contribution >= 4 is 5.91 Å². The molecule has 2 aromatic heterocycles. The number of hydrogen-bond donors (Lipinski definition) is 1. The van der Waals surface area contributed by atoms with Gasteiger partial charge in [-0.15, -0.1) is 0 Å². The Morgan fingerprint density at radius 3 is 3.05 bits per heavy atom. The summed E-state index contributed by atoms with van der Waals surface area (Å²) < 4.78 is 11.8. The Hall–Kier alpha value is -2.22. The Morgan fingerprint density at radius 1 is 1.50 bits per heavy atom. The maximum absolute atomic E-state index is 12.2.